The number of nitrogens with one attached hydrogen (secondary N) is 1. The zero-order valence-corrected chi connectivity index (χ0v) is 12.8. The van der Waals surface area contributed by atoms with Crippen LogP contribution in [0.5, 0.6) is 0 Å². The standard InChI is InChI=1S/C16H21ClN2O/c1-16(2)14(11-7-9-19(16)10-8-11)18-15(20)12-3-5-13(17)6-4-12/h3-6,11,14H,7-10H2,1-2H3,(H,18,20)/t14-/m0/s1. The van der Waals surface area contributed by atoms with Crippen LogP contribution in [0.1, 0.15) is 37.0 Å². The molecule has 3 heterocycles. The third-order valence-electron chi connectivity index (χ3n) is 4.98. The van der Waals surface area contributed by atoms with E-state index in [1.807, 2.05) is 0 Å². The Labute approximate surface area is 125 Å². The summed E-state index contributed by atoms with van der Waals surface area (Å²) in [7, 11) is 0. The lowest BCUT2D eigenvalue weighted by molar-refractivity contribution is -0.0378. The number of carbonyl (C=O) groups is 1. The zero-order valence-electron chi connectivity index (χ0n) is 12.0. The maximum atomic E-state index is 12.4. The first kappa shape index (κ1) is 13.9. The van der Waals surface area contributed by atoms with E-state index in [9.17, 15) is 4.79 Å². The molecule has 3 aliphatic rings. The van der Waals surface area contributed by atoms with Crippen molar-refractivity contribution in [1.29, 1.82) is 0 Å². The molecule has 3 aliphatic heterocycles. The molecule has 0 aliphatic carbocycles. The van der Waals surface area contributed by atoms with Crippen molar-refractivity contribution in [2.75, 3.05) is 13.1 Å². The third kappa shape index (κ3) is 2.33. The van der Waals surface area contributed by atoms with Crippen molar-refractivity contribution >= 4 is 17.5 Å². The fourth-order valence-electron chi connectivity index (χ4n) is 3.70. The summed E-state index contributed by atoms with van der Waals surface area (Å²) < 4.78 is 0. The van der Waals surface area contributed by atoms with Crippen molar-refractivity contribution in [2.24, 2.45) is 5.92 Å². The van der Waals surface area contributed by atoms with Crippen molar-refractivity contribution in [3.05, 3.63) is 34.9 Å². The van der Waals surface area contributed by atoms with E-state index in [4.69, 9.17) is 11.6 Å². The van der Waals surface area contributed by atoms with Gasteiger partial charge in [0.1, 0.15) is 0 Å². The lowest BCUT2D eigenvalue weighted by Gasteiger charge is -2.56. The Hall–Kier alpha value is -1.06. The number of carbonyl (C=O) groups excluding carboxylic acids is 1. The summed E-state index contributed by atoms with van der Waals surface area (Å²) in [6.45, 7) is 6.80. The quantitative estimate of drug-likeness (QED) is 0.909. The van der Waals surface area contributed by atoms with E-state index < -0.39 is 0 Å². The molecular formula is C16H21ClN2O. The highest BCUT2D eigenvalue weighted by Gasteiger charge is 2.48. The predicted octanol–water partition coefficient (Wildman–Crippen LogP) is 2.94. The van der Waals surface area contributed by atoms with Gasteiger partial charge < -0.3 is 5.32 Å². The van der Waals surface area contributed by atoms with Gasteiger partial charge >= 0.3 is 0 Å². The second kappa shape index (κ2) is 5.05. The fourth-order valence-corrected chi connectivity index (χ4v) is 3.83. The number of amides is 1. The van der Waals surface area contributed by atoms with Crippen LogP contribution in [0, 0.1) is 5.92 Å². The van der Waals surface area contributed by atoms with Crippen LogP contribution >= 0.6 is 11.6 Å². The van der Waals surface area contributed by atoms with Gasteiger partial charge in [-0.15, -0.1) is 0 Å². The Morgan fingerprint density at radius 1 is 1.25 bits per heavy atom. The third-order valence-corrected chi connectivity index (χ3v) is 5.23. The molecule has 20 heavy (non-hydrogen) atoms. The van der Waals surface area contributed by atoms with Gasteiger partial charge in [-0.05, 0) is 70.0 Å². The fraction of sp³-hybridized carbons (Fsp3) is 0.562. The molecule has 0 spiro atoms. The van der Waals surface area contributed by atoms with Crippen LogP contribution in [-0.4, -0.2) is 35.5 Å². The minimum absolute atomic E-state index is 0.00786. The number of fused-ring (bicyclic) bond motifs is 3. The molecule has 1 amide bonds. The summed E-state index contributed by atoms with van der Waals surface area (Å²) >= 11 is 5.87. The maximum Gasteiger partial charge on any atom is 0.251 e. The summed E-state index contributed by atoms with van der Waals surface area (Å²) in [6.07, 6.45) is 2.38. The highest BCUT2D eigenvalue weighted by Crippen LogP contribution is 2.39. The lowest BCUT2D eigenvalue weighted by atomic mass is 9.72. The van der Waals surface area contributed by atoms with Gasteiger partial charge in [-0.3, -0.25) is 9.69 Å². The largest absolute Gasteiger partial charge is 0.347 e. The molecule has 0 aromatic heterocycles. The number of hydrogen-bond donors (Lipinski definition) is 1. The van der Waals surface area contributed by atoms with E-state index >= 15 is 0 Å². The number of rotatable bonds is 2. The van der Waals surface area contributed by atoms with Gasteiger partial charge in [-0.2, -0.15) is 0 Å². The molecule has 1 aromatic rings. The number of nitrogens with zero attached hydrogens (tertiary/aromatic N) is 1. The van der Waals surface area contributed by atoms with Crippen LogP contribution in [0.3, 0.4) is 0 Å². The normalized spacial score (nSPS) is 31.1. The molecule has 3 saturated heterocycles. The maximum absolute atomic E-state index is 12.4. The number of halogens is 1. The Bertz CT molecular complexity index is 504. The van der Waals surface area contributed by atoms with Gasteiger partial charge in [0.05, 0.1) is 0 Å². The van der Waals surface area contributed by atoms with Gasteiger partial charge in [0, 0.05) is 22.2 Å². The van der Waals surface area contributed by atoms with E-state index in [0.717, 1.165) is 13.1 Å². The molecule has 4 heteroatoms. The second-order valence-corrected chi connectivity index (χ2v) is 6.87. The van der Waals surface area contributed by atoms with Crippen LogP contribution in [0.25, 0.3) is 0 Å². The summed E-state index contributed by atoms with van der Waals surface area (Å²) in [5.74, 6) is 0.611. The number of hydrogen-bond acceptors (Lipinski definition) is 2. The molecule has 0 saturated carbocycles. The summed E-state index contributed by atoms with van der Waals surface area (Å²) in [6, 6.07) is 7.32. The van der Waals surface area contributed by atoms with Gasteiger partial charge in [-0.1, -0.05) is 11.6 Å². The first-order valence-corrected chi connectivity index (χ1v) is 7.68. The summed E-state index contributed by atoms with van der Waals surface area (Å²) in [5.41, 5.74) is 0.727. The van der Waals surface area contributed by atoms with Crippen LogP contribution in [-0.2, 0) is 0 Å². The number of piperidine rings is 3. The molecule has 0 radical (unpaired) electrons. The minimum atomic E-state index is 0.00786. The summed E-state index contributed by atoms with van der Waals surface area (Å²) in [4.78, 5) is 14.9. The van der Waals surface area contributed by atoms with Gasteiger partial charge in [0.2, 0.25) is 0 Å². The molecule has 4 rings (SSSR count). The second-order valence-electron chi connectivity index (χ2n) is 6.44. The minimum Gasteiger partial charge on any atom is -0.347 e. The topological polar surface area (TPSA) is 32.3 Å². The molecule has 0 unspecified atom stereocenters. The van der Waals surface area contributed by atoms with Gasteiger partial charge in [0.25, 0.3) is 5.91 Å². The first-order valence-electron chi connectivity index (χ1n) is 7.30. The van der Waals surface area contributed by atoms with Gasteiger partial charge in [-0.25, -0.2) is 0 Å². The van der Waals surface area contributed by atoms with Crippen molar-refractivity contribution in [1.82, 2.24) is 10.2 Å². The Kier molecular flexibility index (Phi) is 3.51. The highest BCUT2D eigenvalue weighted by atomic mass is 35.5. The average molecular weight is 293 g/mol. The van der Waals surface area contributed by atoms with E-state index in [0.29, 0.717) is 16.5 Å². The van der Waals surface area contributed by atoms with Crippen molar-refractivity contribution in [3.63, 3.8) is 0 Å². The molecule has 3 nitrogen and oxygen atoms in total. The van der Waals surface area contributed by atoms with Crippen LogP contribution < -0.4 is 5.32 Å². The van der Waals surface area contributed by atoms with E-state index in [1.54, 1.807) is 24.3 Å². The van der Waals surface area contributed by atoms with Crippen molar-refractivity contribution in [3.8, 4) is 0 Å². The smallest absolute Gasteiger partial charge is 0.251 e. The van der Waals surface area contributed by atoms with Crippen LogP contribution in [0.15, 0.2) is 24.3 Å². The predicted molar refractivity (Wildman–Crippen MR) is 81.1 cm³/mol. The first-order chi connectivity index (χ1) is 9.48. The Balaban J connectivity index is 1.76. The van der Waals surface area contributed by atoms with E-state index in [-0.39, 0.29) is 17.5 Å². The molecule has 1 N–H and O–H groups in total. The molecule has 2 bridgehead atoms. The average Bonchev–Trinajstić information content (AvgIpc) is 2.44. The zero-order chi connectivity index (χ0) is 14.3. The van der Waals surface area contributed by atoms with Gasteiger partial charge in [0.15, 0.2) is 0 Å². The van der Waals surface area contributed by atoms with E-state index in [2.05, 4.69) is 24.1 Å². The Morgan fingerprint density at radius 3 is 2.40 bits per heavy atom. The lowest BCUT2D eigenvalue weighted by Crippen LogP contribution is -2.69. The molecular weight excluding hydrogens is 272 g/mol. The molecule has 3 fully saturated rings. The monoisotopic (exact) mass is 292 g/mol. The highest BCUT2D eigenvalue weighted by molar-refractivity contribution is 6.30. The van der Waals surface area contributed by atoms with Crippen molar-refractivity contribution in [2.45, 2.75) is 38.3 Å². The molecule has 1 atom stereocenters. The Morgan fingerprint density at radius 2 is 1.85 bits per heavy atom. The molecule has 108 valence electrons. The van der Waals surface area contributed by atoms with Crippen LogP contribution in [0.4, 0.5) is 0 Å². The molecule has 1 aromatic carbocycles. The number of benzene rings is 1. The van der Waals surface area contributed by atoms with Crippen LogP contribution in [0.2, 0.25) is 5.02 Å². The van der Waals surface area contributed by atoms with E-state index in [1.165, 1.54) is 12.8 Å². The SMILES string of the molecule is CC1(C)[C@@H](NC(=O)c2ccc(Cl)cc2)C2CCN1CC2. The summed E-state index contributed by atoms with van der Waals surface area (Å²) in [5, 5.41) is 3.91. The van der Waals surface area contributed by atoms with Crippen molar-refractivity contribution < 1.29 is 4.79 Å².